The van der Waals surface area contributed by atoms with Crippen LogP contribution in [-0.2, 0) is 16.1 Å². The summed E-state index contributed by atoms with van der Waals surface area (Å²) in [5, 5.41) is 0.121. The second-order valence-corrected chi connectivity index (χ2v) is 6.84. The first-order valence-corrected chi connectivity index (χ1v) is 8.43. The van der Waals surface area contributed by atoms with E-state index in [-0.39, 0.29) is 11.0 Å². The number of fused-ring (bicyclic) bond motifs is 1. The van der Waals surface area contributed by atoms with Crippen LogP contribution >= 0.6 is 11.8 Å². The molecular formula is C16H19N3O2S. The molecule has 1 fully saturated rings. The van der Waals surface area contributed by atoms with Gasteiger partial charge in [0.05, 0.1) is 17.4 Å². The minimum absolute atomic E-state index is 0.121. The van der Waals surface area contributed by atoms with Crippen LogP contribution in [0.25, 0.3) is 11.0 Å². The van der Waals surface area contributed by atoms with Gasteiger partial charge in [-0.05, 0) is 18.1 Å². The maximum absolute atomic E-state index is 12.1. The van der Waals surface area contributed by atoms with E-state index in [4.69, 9.17) is 0 Å². The fraction of sp³-hybridized carbons (Fsp3) is 0.438. The average Bonchev–Trinajstić information content (AvgIpc) is 3.07. The second-order valence-electron chi connectivity index (χ2n) is 5.64. The monoisotopic (exact) mass is 317 g/mol. The van der Waals surface area contributed by atoms with Crippen molar-refractivity contribution < 1.29 is 9.59 Å². The highest BCUT2D eigenvalue weighted by atomic mass is 32.2. The number of thioether (sulfide) groups is 1. The zero-order chi connectivity index (χ0) is 15.5. The van der Waals surface area contributed by atoms with E-state index in [1.165, 1.54) is 11.8 Å². The standard InChI is InChI=1S/C16H19N3O2S/c1-12(20)22-10-13-8-16(21)18(9-13)6-7-19-11-17-14-4-2-3-5-15(14)19/h2-5,11,13H,6-10H2,1H3. The highest BCUT2D eigenvalue weighted by Gasteiger charge is 2.29. The third-order valence-electron chi connectivity index (χ3n) is 3.96. The number of hydrogen-bond acceptors (Lipinski definition) is 4. The largest absolute Gasteiger partial charge is 0.341 e. The van der Waals surface area contributed by atoms with Gasteiger partial charge in [-0.15, -0.1) is 0 Å². The van der Waals surface area contributed by atoms with Crippen LogP contribution in [0.2, 0.25) is 0 Å². The molecule has 0 aliphatic carbocycles. The van der Waals surface area contributed by atoms with Gasteiger partial charge in [0, 0.05) is 38.7 Å². The van der Waals surface area contributed by atoms with Crippen LogP contribution in [0.4, 0.5) is 0 Å². The lowest BCUT2D eigenvalue weighted by atomic mass is 10.1. The molecule has 1 aliphatic rings. The zero-order valence-electron chi connectivity index (χ0n) is 12.6. The predicted molar refractivity (Wildman–Crippen MR) is 87.6 cm³/mol. The van der Waals surface area contributed by atoms with Gasteiger partial charge in [0.25, 0.3) is 0 Å². The molecule has 5 nitrogen and oxygen atoms in total. The molecule has 1 atom stereocenters. The number of hydrogen-bond donors (Lipinski definition) is 0. The smallest absolute Gasteiger partial charge is 0.223 e. The summed E-state index contributed by atoms with van der Waals surface area (Å²) in [4.78, 5) is 29.4. The van der Waals surface area contributed by atoms with Gasteiger partial charge in [-0.2, -0.15) is 0 Å². The van der Waals surface area contributed by atoms with Gasteiger partial charge in [-0.3, -0.25) is 9.59 Å². The van der Waals surface area contributed by atoms with Gasteiger partial charge >= 0.3 is 0 Å². The lowest BCUT2D eigenvalue weighted by Crippen LogP contribution is -2.29. The topological polar surface area (TPSA) is 55.2 Å². The molecule has 0 N–H and O–H groups in total. The van der Waals surface area contributed by atoms with E-state index in [2.05, 4.69) is 9.55 Å². The van der Waals surface area contributed by atoms with Gasteiger partial charge < -0.3 is 9.47 Å². The lowest BCUT2D eigenvalue weighted by Gasteiger charge is -2.17. The van der Waals surface area contributed by atoms with Crippen LogP contribution in [0, 0.1) is 5.92 Å². The Morgan fingerprint density at radius 1 is 1.36 bits per heavy atom. The summed E-state index contributed by atoms with van der Waals surface area (Å²) in [7, 11) is 0. The fourth-order valence-corrected chi connectivity index (χ4v) is 3.53. The molecule has 1 unspecified atom stereocenters. The Morgan fingerprint density at radius 3 is 3.00 bits per heavy atom. The lowest BCUT2D eigenvalue weighted by molar-refractivity contribution is -0.127. The predicted octanol–water partition coefficient (Wildman–Crippen LogP) is 2.16. The van der Waals surface area contributed by atoms with Crippen molar-refractivity contribution in [2.45, 2.75) is 19.9 Å². The van der Waals surface area contributed by atoms with Crippen molar-refractivity contribution in [3.63, 3.8) is 0 Å². The summed E-state index contributed by atoms with van der Waals surface area (Å²) >= 11 is 1.32. The van der Waals surface area contributed by atoms with Crippen molar-refractivity contribution in [1.29, 1.82) is 0 Å². The Balaban J connectivity index is 1.57. The number of carbonyl (C=O) groups excluding carboxylic acids is 2. The minimum atomic E-state index is 0.121. The average molecular weight is 317 g/mol. The summed E-state index contributed by atoms with van der Waals surface area (Å²) in [6.07, 6.45) is 2.39. The van der Waals surface area contributed by atoms with Crippen LogP contribution in [0.3, 0.4) is 0 Å². The maximum atomic E-state index is 12.1. The molecule has 0 saturated carbocycles. The number of aromatic nitrogens is 2. The molecule has 0 bridgehead atoms. The summed E-state index contributed by atoms with van der Waals surface area (Å²) in [5.41, 5.74) is 2.07. The van der Waals surface area contributed by atoms with Crippen molar-refractivity contribution >= 4 is 33.8 Å². The van der Waals surface area contributed by atoms with Crippen molar-refractivity contribution in [2.75, 3.05) is 18.8 Å². The Hall–Kier alpha value is -1.82. The number of rotatable bonds is 5. The minimum Gasteiger partial charge on any atom is -0.341 e. The van der Waals surface area contributed by atoms with Gasteiger partial charge in [-0.25, -0.2) is 4.98 Å². The number of nitrogens with zero attached hydrogens (tertiary/aromatic N) is 3. The Bertz CT molecular complexity index is 698. The van der Waals surface area contributed by atoms with Crippen LogP contribution < -0.4 is 0 Å². The van der Waals surface area contributed by atoms with Crippen molar-refractivity contribution in [2.24, 2.45) is 5.92 Å². The number of para-hydroxylation sites is 2. The molecule has 1 amide bonds. The molecule has 22 heavy (non-hydrogen) atoms. The molecule has 116 valence electrons. The highest BCUT2D eigenvalue weighted by molar-refractivity contribution is 8.13. The van der Waals surface area contributed by atoms with E-state index in [1.807, 2.05) is 35.5 Å². The van der Waals surface area contributed by atoms with Crippen LogP contribution in [0.15, 0.2) is 30.6 Å². The SMILES string of the molecule is CC(=O)SCC1CC(=O)N(CCn2cnc3ccccc32)C1. The van der Waals surface area contributed by atoms with Crippen molar-refractivity contribution in [1.82, 2.24) is 14.5 Å². The van der Waals surface area contributed by atoms with Gasteiger partial charge in [0.2, 0.25) is 5.91 Å². The quantitative estimate of drug-likeness (QED) is 0.848. The number of imidazole rings is 1. The molecule has 0 spiro atoms. The van der Waals surface area contributed by atoms with Crippen LogP contribution in [0.5, 0.6) is 0 Å². The third kappa shape index (κ3) is 3.32. The summed E-state index contributed by atoms with van der Waals surface area (Å²) in [6.45, 7) is 3.77. The number of carbonyl (C=O) groups is 2. The first kappa shape index (κ1) is 15.1. The highest BCUT2D eigenvalue weighted by Crippen LogP contribution is 2.22. The molecule has 3 rings (SSSR count). The summed E-state index contributed by atoms with van der Waals surface area (Å²) in [5.74, 6) is 1.23. The van der Waals surface area contributed by atoms with Crippen LogP contribution in [-0.4, -0.2) is 44.3 Å². The molecule has 6 heteroatoms. The molecule has 2 aromatic rings. The van der Waals surface area contributed by atoms with E-state index in [0.717, 1.165) is 29.9 Å². The third-order valence-corrected chi connectivity index (χ3v) is 5.00. The summed E-state index contributed by atoms with van der Waals surface area (Å²) < 4.78 is 2.08. The van der Waals surface area contributed by atoms with E-state index < -0.39 is 0 Å². The number of benzene rings is 1. The second kappa shape index (κ2) is 6.52. The molecule has 1 saturated heterocycles. The molecule has 1 aromatic carbocycles. The van der Waals surface area contributed by atoms with Gasteiger partial charge in [0.15, 0.2) is 5.12 Å². The Morgan fingerprint density at radius 2 is 2.18 bits per heavy atom. The first-order chi connectivity index (χ1) is 10.6. The normalized spacial score (nSPS) is 18.3. The first-order valence-electron chi connectivity index (χ1n) is 7.44. The number of likely N-dealkylation sites (tertiary alicyclic amines) is 1. The van der Waals surface area contributed by atoms with Crippen molar-refractivity contribution in [3.8, 4) is 0 Å². The van der Waals surface area contributed by atoms with Crippen LogP contribution in [0.1, 0.15) is 13.3 Å². The van der Waals surface area contributed by atoms with E-state index in [0.29, 0.717) is 18.9 Å². The molecule has 2 heterocycles. The summed E-state index contributed by atoms with van der Waals surface area (Å²) in [6, 6.07) is 8.00. The Labute approximate surface area is 133 Å². The Kier molecular flexibility index (Phi) is 4.47. The fourth-order valence-electron chi connectivity index (χ4n) is 2.83. The van der Waals surface area contributed by atoms with Gasteiger partial charge in [0.1, 0.15) is 0 Å². The number of amides is 1. The van der Waals surface area contributed by atoms with E-state index in [9.17, 15) is 9.59 Å². The van der Waals surface area contributed by atoms with Crippen molar-refractivity contribution in [3.05, 3.63) is 30.6 Å². The van der Waals surface area contributed by atoms with E-state index in [1.54, 1.807) is 6.92 Å². The molecule has 1 aromatic heterocycles. The van der Waals surface area contributed by atoms with Gasteiger partial charge in [-0.1, -0.05) is 23.9 Å². The maximum Gasteiger partial charge on any atom is 0.223 e. The zero-order valence-corrected chi connectivity index (χ0v) is 13.4. The molecular weight excluding hydrogens is 298 g/mol. The molecule has 1 aliphatic heterocycles. The van der Waals surface area contributed by atoms with E-state index >= 15 is 0 Å². The molecule has 0 radical (unpaired) electrons.